The zero-order valence-corrected chi connectivity index (χ0v) is 8.15. The number of fused-ring (bicyclic) bond motifs is 2. The van der Waals surface area contributed by atoms with E-state index in [2.05, 4.69) is 0 Å². The number of ether oxygens (including phenoxy) is 1. The van der Waals surface area contributed by atoms with Crippen LogP contribution < -0.4 is 0 Å². The second-order valence-electron chi connectivity index (χ2n) is 3.13. The van der Waals surface area contributed by atoms with E-state index in [1.54, 1.807) is 6.08 Å². The summed E-state index contributed by atoms with van der Waals surface area (Å²) in [6.45, 7) is 0. The first kappa shape index (κ1) is 8.81. The van der Waals surface area contributed by atoms with Gasteiger partial charge in [-0.3, -0.25) is 0 Å². The van der Waals surface area contributed by atoms with Crippen molar-refractivity contribution < 1.29 is 9.53 Å². The van der Waals surface area contributed by atoms with Crippen LogP contribution in [0.3, 0.4) is 0 Å². The fourth-order valence-electron chi connectivity index (χ4n) is 1.58. The van der Waals surface area contributed by atoms with Crippen molar-refractivity contribution in [2.75, 3.05) is 14.2 Å². The summed E-state index contributed by atoms with van der Waals surface area (Å²) in [6, 6.07) is 0. The van der Waals surface area contributed by atoms with Crippen LogP contribution in [0.4, 0.5) is 0 Å². The fraction of sp³-hybridized carbons (Fsp3) is 0.182. The Morgan fingerprint density at radius 1 is 1.36 bits per heavy atom. The summed E-state index contributed by atoms with van der Waals surface area (Å²) in [4.78, 5) is 13.4. The molecule has 2 bridgehead atoms. The van der Waals surface area contributed by atoms with E-state index in [1.165, 1.54) is 7.11 Å². The minimum atomic E-state index is -0.297. The number of hydrogen-bond donors (Lipinski definition) is 0. The molecule has 2 heterocycles. The van der Waals surface area contributed by atoms with E-state index in [0.717, 1.165) is 11.4 Å². The molecule has 0 atom stereocenters. The molecule has 0 saturated carbocycles. The number of methoxy groups -OCH3 is 1. The largest absolute Gasteiger partial charge is 0.465 e. The van der Waals surface area contributed by atoms with Crippen molar-refractivity contribution in [2.45, 2.75) is 0 Å². The lowest BCUT2D eigenvalue weighted by molar-refractivity contribution is -0.135. The first-order valence-corrected chi connectivity index (χ1v) is 4.37. The summed E-state index contributed by atoms with van der Waals surface area (Å²) in [7, 11) is 3.32. The van der Waals surface area contributed by atoms with E-state index in [4.69, 9.17) is 4.74 Å². The molecule has 2 rings (SSSR count). The minimum absolute atomic E-state index is 0.297. The highest BCUT2D eigenvalue weighted by molar-refractivity contribution is 5.93. The van der Waals surface area contributed by atoms with Crippen LogP contribution in [0.5, 0.6) is 0 Å². The van der Waals surface area contributed by atoms with Crippen LogP contribution in [0, 0.1) is 0 Å². The van der Waals surface area contributed by atoms with Crippen LogP contribution in [0.2, 0.25) is 0 Å². The van der Waals surface area contributed by atoms with Crippen LogP contribution in [0.25, 0.3) is 0 Å². The number of carbonyl (C=O) groups is 1. The number of carbonyl (C=O) groups excluding carboxylic acids is 1. The number of likely N-dealkylation sites (N-methyl/N-ethyl adjacent to an activating group) is 1. The maximum absolute atomic E-state index is 11.4. The average molecular weight is 189 g/mol. The van der Waals surface area contributed by atoms with Gasteiger partial charge in [-0.1, -0.05) is 6.08 Å². The summed E-state index contributed by atoms with van der Waals surface area (Å²) >= 11 is 0. The Labute approximate surface area is 82.7 Å². The SMILES string of the molecule is COC(=O)C1=C2C=CC=C(C=C1)N2C. The van der Waals surface area contributed by atoms with Gasteiger partial charge < -0.3 is 9.64 Å². The molecule has 0 fully saturated rings. The monoisotopic (exact) mass is 189 g/mol. The fourth-order valence-corrected chi connectivity index (χ4v) is 1.58. The Kier molecular flexibility index (Phi) is 2.00. The summed E-state index contributed by atoms with van der Waals surface area (Å²) in [5, 5.41) is 0. The van der Waals surface area contributed by atoms with E-state index in [1.807, 2.05) is 36.3 Å². The zero-order valence-electron chi connectivity index (χ0n) is 8.15. The highest BCUT2D eigenvalue weighted by Gasteiger charge is 2.21. The molecular weight excluding hydrogens is 178 g/mol. The van der Waals surface area contributed by atoms with Crippen molar-refractivity contribution in [1.82, 2.24) is 4.90 Å². The van der Waals surface area contributed by atoms with E-state index < -0.39 is 0 Å². The summed E-state index contributed by atoms with van der Waals surface area (Å²) in [5.41, 5.74) is 2.56. The number of allylic oxidation sites excluding steroid dienone is 4. The average Bonchev–Trinajstić information content (AvgIpc) is 2.17. The van der Waals surface area contributed by atoms with Crippen LogP contribution in [-0.4, -0.2) is 25.0 Å². The third kappa shape index (κ3) is 1.18. The zero-order chi connectivity index (χ0) is 10.1. The lowest BCUT2D eigenvalue weighted by Gasteiger charge is -2.28. The summed E-state index contributed by atoms with van der Waals surface area (Å²) in [6.07, 6.45) is 9.51. The molecular formula is C11H11NO2. The molecule has 0 saturated heterocycles. The molecule has 72 valence electrons. The molecule has 2 aliphatic heterocycles. The second-order valence-corrected chi connectivity index (χ2v) is 3.13. The van der Waals surface area contributed by atoms with Gasteiger partial charge in [0.25, 0.3) is 0 Å². The van der Waals surface area contributed by atoms with Crippen molar-refractivity contribution in [3.05, 3.63) is 47.3 Å². The Hall–Kier alpha value is -1.77. The van der Waals surface area contributed by atoms with Gasteiger partial charge in [-0.15, -0.1) is 0 Å². The third-order valence-corrected chi connectivity index (χ3v) is 2.37. The number of hydrogen-bond acceptors (Lipinski definition) is 3. The van der Waals surface area contributed by atoms with Crippen LogP contribution in [0.1, 0.15) is 0 Å². The molecule has 0 radical (unpaired) electrons. The van der Waals surface area contributed by atoms with Crippen molar-refractivity contribution in [1.29, 1.82) is 0 Å². The molecule has 0 spiro atoms. The molecule has 0 aliphatic carbocycles. The van der Waals surface area contributed by atoms with E-state index >= 15 is 0 Å². The predicted molar refractivity (Wildman–Crippen MR) is 53.2 cm³/mol. The highest BCUT2D eigenvalue weighted by Crippen LogP contribution is 2.27. The van der Waals surface area contributed by atoms with Crippen molar-refractivity contribution in [3.63, 3.8) is 0 Å². The molecule has 0 aromatic rings. The van der Waals surface area contributed by atoms with Gasteiger partial charge in [-0.25, -0.2) is 4.79 Å². The lowest BCUT2D eigenvalue weighted by atomic mass is 10.0. The maximum atomic E-state index is 11.4. The molecule has 3 nitrogen and oxygen atoms in total. The minimum Gasteiger partial charge on any atom is -0.465 e. The number of rotatable bonds is 1. The molecule has 14 heavy (non-hydrogen) atoms. The molecule has 0 N–H and O–H groups in total. The van der Waals surface area contributed by atoms with E-state index in [0.29, 0.717) is 5.57 Å². The van der Waals surface area contributed by atoms with Crippen LogP contribution in [-0.2, 0) is 9.53 Å². The molecule has 0 aromatic heterocycles. The van der Waals surface area contributed by atoms with Crippen LogP contribution >= 0.6 is 0 Å². The van der Waals surface area contributed by atoms with Gasteiger partial charge >= 0.3 is 5.97 Å². The lowest BCUT2D eigenvalue weighted by Crippen LogP contribution is -2.24. The maximum Gasteiger partial charge on any atom is 0.339 e. The van der Waals surface area contributed by atoms with Gasteiger partial charge in [0.05, 0.1) is 18.4 Å². The first-order valence-electron chi connectivity index (χ1n) is 4.37. The van der Waals surface area contributed by atoms with Gasteiger partial charge in [-0.2, -0.15) is 0 Å². The standard InChI is InChI=1S/C11H11NO2/c1-12-8-4-3-5-10(12)9(7-6-8)11(13)14-2/h3-7H,1-2H3. The Balaban J connectivity index is 2.48. The normalized spacial score (nSPS) is 18.4. The Morgan fingerprint density at radius 2 is 2.14 bits per heavy atom. The molecule has 0 amide bonds. The Morgan fingerprint density at radius 3 is 2.86 bits per heavy atom. The van der Waals surface area contributed by atoms with Crippen molar-refractivity contribution in [2.24, 2.45) is 0 Å². The van der Waals surface area contributed by atoms with E-state index in [9.17, 15) is 4.79 Å². The second kappa shape index (κ2) is 3.18. The van der Waals surface area contributed by atoms with Crippen LogP contribution in [0.15, 0.2) is 47.3 Å². The summed E-state index contributed by atoms with van der Waals surface area (Å²) in [5.74, 6) is -0.297. The predicted octanol–water partition coefficient (Wildman–Crippen LogP) is 1.37. The molecule has 2 aliphatic rings. The van der Waals surface area contributed by atoms with Gasteiger partial charge in [0.2, 0.25) is 0 Å². The first-order chi connectivity index (χ1) is 6.74. The van der Waals surface area contributed by atoms with Gasteiger partial charge in [0.15, 0.2) is 0 Å². The quantitative estimate of drug-likeness (QED) is 0.583. The summed E-state index contributed by atoms with van der Waals surface area (Å²) < 4.78 is 4.70. The molecule has 3 heteroatoms. The number of esters is 1. The highest BCUT2D eigenvalue weighted by atomic mass is 16.5. The molecule has 0 unspecified atom stereocenters. The Bertz CT molecular complexity index is 400. The number of nitrogens with zero attached hydrogens (tertiary/aromatic N) is 1. The van der Waals surface area contributed by atoms with Gasteiger partial charge in [0.1, 0.15) is 0 Å². The van der Waals surface area contributed by atoms with Gasteiger partial charge in [0, 0.05) is 12.7 Å². The van der Waals surface area contributed by atoms with E-state index in [-0.39, 0.29) is 5.97 Å². The third-order valence-electron chi connectivity index (χ3n) is 2.37. The molecule has 0 aromatic carbocycles. The smallest absolute Gasteiger partial charge is 0.339 e. The topological polar surface area (TPSA) is 29.5 Å². The van der Waals surface area contributed by atoms with Crippen molar-refractivity contribution in [3.8, 4) is 0 Å². The van der Waals surface area contributed by atoms with Crippen molar-refractivity contribution >= 4 is 5.97 Å². The van der Waals surface area contributed by atoms with Gasteiger partial charge in [-0.05, 0) is 24.3 Å².